The number of nitrogens with one attached hydrogen (secondary N) is 2. The van der Waals surface area contributed by atoms with E-state index in [0.717, 1.165) is 42.1 Å². The molecular formula is C20H23N5O2. The molecule has 1 fully saturated rings. The first kappa shape index (κ1) is 17.6. The van der Waals surface area contributed by atoms with Gasteiger partial charge in [-0.15, -0.1) is 0 Å². The number of carbonyl (C=O) groups excluding carboxylic acids is 1. The Morgan fingerprint density at radius 3 is 2.59 bits per heavy atom. The number of rotatable bonds is 4. The average molecular weight is 365 g/mol. The molecule has 0 atom stereocenters. The molecular weight excluding hydrogens is 342 g/mol. The van der Waals surface area contributed by atoms with E-state index in [1.165, 1.54) is 0 Å². The van der Waals surface area contributed by atoms with E-state index in [9.17, 15) is 4.79 Å². The highest BCUT2D eigenvalue weighted by Gasteiger charge is 2.25. The molecule has 1 amide bonds. The smallest absolute Gasteiger partial charge is 0.228 e. The largest absolute Gasteiger partial charge is 0.441 e. The normalized spacial score (nSPS) is 19.9. The Kier molecular flexibility index (Phi) is 4.85. The van der Waals surface area contributed by atoms with Gasteiger partial charge in [0.25, 0.3) is 0 Å². The van der Waals surface area contributed by atoms with Crippen molar-refractivity contribution < 1.29 is 9.21 Å². The maximum absolute atomic E-state index is 12.6. The first-order valence-corrected chi connectivity index (χ1v) is 9.29. The Morgan fingerprint density at radius 2 is 1.89 bits per heavy atom. The van der Waals surface area contributed by atoms with Crippen LogP contribution in [0.2, 0.25) is 0 Å². The van der Waals surface area contributed by atoms with Gasteiger partial charge >= 0.3 is 0 Å². The minimum absolute atomic E-state index is 0.0476. The summed E-state index contributed by atoms with van der Waals surface area (Å²) in [5.41, 5.74) is 1.61. The minimum Gasteiger partial charge on any atom is -0.441 e. The van der Waals surface area contributed by atoms with Gasteiger partial charge in [-0.25, -0.2) is 9.97 Å². The summed E-state index contributed by atoms with van der Waals surface area (Å²) in [5, 5.41) is 7.15. The molecule has 0 spiro atoms. The third kappa shape index (κ3) is 3.83. The summed E-state index contributed by atoms with van der Waals surface area (Å²) in [5.74, 6) is 1.93. The maximum atomic E-state index is 12.6. The third-order valence-corrected chi connectivity index (χ3v) is 5.23. The summed E-state index contributed by atoms with van der Waals surface area (Å²) >= 11 is 0. The third-order valence-electron chi connectivity index (χ3n) is 5.23. The topological polar surface area (TPSA) is 92.9 Å². The molecule has 7 nitrogen and oxygen atoms in total. The molecule has 2 N–H and O–H groups in total. The van der Waals surface area contributed by atoms with Gasteiger partial charge in [-0.2, -0.15) is 0 Å². The SMILES string of the molecule is CN[C@H]1CC[C@H](C(=O)Nc2cc3cc(-c4cnc(C)o4)cnc3cn2)CC1. The second-order valence-electron chi connectivity index (χ2n) is 7.06. The Hall–Kier alpha value is -2.80. The van der Waals surface area contributed by atoms with E-state index in [1.807, 2.05) is 19.2 Å². The zero-order valence-electron chi connectivity index (χ0n) is 15.5. The van der Waals surface area contributed by atoms with Crippen molar-refractivity contribution >= 4 is 22.6 Å². The van der Waals surface area contributed by atoms with E-state index in [-0.39, 0.29) is 11.8 Å². The highest BCUT2D eigenvalue weighted by molar-refractivity contribution is 5.94. The first-order chi connectivity index (χ1) is 13.1. The lowest BCUT2D eigenvalue weighted by Gasteiger charge is -2.27. The van der Waals surface area contributed by atoms with E-state index in [1.54, 1.807) is 25.5 Å². The van der Waals surface area contributed by atoms with Gasteiger partial charge in [-0.3, -0.25) is 9.78 Å². The molecule has 0 unspecified atom stereocenters. The molecule has 1 aliphatic carbocycles. The van der Waals surface area contributed by atoms with Gasteiger partial charge in [0, 0.05) is 36.0 Å². The monoisotopic (exact) mass is 365 g/mol. The number of anilines is 1. The summed E-state index contributed by atoms with van der Waals surface area (Å²) in [6.07, 6.45) is 8.97. The number of hydrogen-bond acceptors (Lipinski definition) is 6. The number of aryl methyl sites for hydroxylation is 1. The first-order valence-electron chi connectivity index (χ1n) is 9.29. The molecule has 0 aromatic carbocycles. The van der Waals surface area contributed by atoms with Crippen LogP contribution in [0.1, 0.15) is 31.6 Å². The van der Waals surface area contributed by atoms with Crippen LogP contribution in [-0.2, 0) is 4.79 Å². The van der Waals surface area contributed by atoms with E-state index in [0.29, 0.717) is 23.5 Å². The summed E-state index contributed by atoms with van der Waals surface area (Å²) in [7, 11) is 1.98. The molecule has 0 aliphatic heterocycles. The van der Waals surface area contributed by atoms with E-state index >= 15 is 0 Å². The van der Waals surface area contributed by atoms with Crippen molar-refractivity contribution in [1.29, 1.82) is 0 Å². The van der Waals surface area contributed by atoms with Crippen molar-refractivity contribution in [2.45, 2.75) is 38.6 Å². The van der Waals surface area contributed by atoms with Crippen LogP contribution >= 0.6 is 0 Å². The molecule has 3 aromatic heterocycles. The highest BCUT2D eigenvalue weighted by Crippen LogP contribution is 2.27. The van der Waals surface area contributed by atoms with Crippen LogP contribution in [0.15, 0.2) is 35.1 Å². The average Bonchev–Trinajstić information content (AvgIpc) is 3.14. The molecule has 27 heavy (non-hydrogen) atoms. The number of carbonyl (C=O) groups is 1. The van der Waals surface area contributed by atoms with Crippen LogP contribution in [0.4, 0.5) is 5.82 Å². The van der Waals surface area contributed by atoms with Crippen LogP contribution in [0, 0.1) is 12.8 Å². The molecule has 3 heterocycles. The van der Waals surface area contributed by atoms with Crippen molar-refractivity contribution in [1.82, 2.24) is 20.3 Å². The van der Waals surface area contributed by atoms with Crippen LogP contribution in [-0.4, -0.2) is 33.9 Å². The number of nitrogens with zero attached hydrogens (tertiary/aromatic N) is 3. The molecule has 0 radical (unpaired) electrons. The fourth-order valence-electron chi connectivity index (χ4n) is 3.60. The maximum Gasteiger partial charge on any atom is 0.228 e. The molecule has 1 aliphatic rings. The van der Waals surface area contributed by atoms with E-state index < -0.39 is 0 Å². The molecule has 1 saturated carbocycles. The van der Waals surface area contributed by atoms with Crippen LogP contribution in [0.5, 0.6) is 0 Å². The number of hydrogen-bond donors (Lipinski definition) is 2. The quantitative estimate of drug-likeness (QED) is 0.737. The summed E-state index contributed by atoms with van der Waals surface area (Å²) in [6, 6.07) is 4.35. The van der Waals surface area contributed by atoms with Crippen molar-refractivity contribution in [2.75, 3.05) is 12.4 Å². The van der Waals surface area contributed by atoms with Gasteiger partial charge in [0.1, 0.15) is 5.82 Å². The number of pyridine rings is 2. The van der Waals surface area contributed by atoms with Crippen molar-refractivity contribution in [3.63, 3.8) is 0 Å². The molecule has 3 aromatic rings. The van der Waals surface area contributed by atoms with Crippen molar-refractivity contribution in [3.8, 4) is 11.3 Å². The zero-order valence-corrected chi connectivity index (χ0v) is 15.5. The highest BCUT2D eigenvalue weighted by atomic mass is 16.4. The Bertz CT molecular complexity index is 960. The second-order valence-corrected chi connectivity index (χ2v) is 7.06. The number of fused-ring (bicyclic) bond motifs is 1. The lowest BCUT2D eigenvalue weighted by molar-refractivity contribution is -0.120. The molecule has 140 valence electrons. The Labute approximate surface area is 157 Å². The van der Waals surface area contributed by atoms with Crippen molar-refractivity contribution in [3.05, 3.63) is 36.6 Å². The molecule has 4 rings (SSSR count). The minimum atomic E-state index is 0.0476. The summed E-state index contributed by atoms with van der Waals surface area (Å²) in [4.78, 5) is 25.5. The van der Waals surface area contributed by atoms with Gasteiger partial charge in [0.05, 0.1) is 17.9 Å². The van der Waals surface area contributed by atoms with Gasteiger partial charge in [-0.05, 0) is 44.9 Å². The summed E-state index contributed by atoms with van der Waals surface area (Å²) in [6.45, 7) is 1.81. The second kappa shape index (κ2) is 7.44. The fraction of sp³-hybridized carbons (Fsp3) is 0.400. The van der Waals surface area contributed by atoms with Gasteiger partial charge in [-0.1, -0.05) is 0 Å². The van der Waals surface area contributed by atoms with Crippen LogP contribution in [0.25, 0.3) is 22.2 Å². The summed E-state index contributed by atoms with van der Waals surface area (Å²) < 4.78 is 5.57. The van der Waals surface area contributed by atoms with E-state index in [2.05, 4.69) is 25.6 Å². The van der Waals surface area contributed by atoms with Crippen LogP contribution in [0.3, 0.4) is 0 Å². The zero-order chi connectivity index (χ0) is 18.8. The van der Waals surface area contributed by atoms with E-state index in [4.69, 9.17) is 4.42 Å². The number of amides is 1. The molecule has 0 saturated heterocycles. The van der Waals surface area contributed by atoms with Gasteiger partial charge in [0.15, 0.2) is 11.7 Å². The number of oxazole rings is 1. The van der Waals surface area contributed by atoms with Crippen LogP contribution < -0.4 is 10.6 Å². The molecule has 7 heteroatoms. The number of aromatic nitrogens is 3. The fourth-order valence-corrected chi connectivity index (χ4v) is 3.60. The van der Waals surface area contributed by atoms with Gasteiger partial charge in [0.2, 0.25) is 5.91 Å². The predicted octanol–water partition coefficient (Wildman–Crippen LogP) is 3.31. The van der Waals surface area contributed by atoms with Gasteiger partial charge < -0.3 is 15.1 Å². The lowest BCUT2D eigenvalue weighted by Crippen LogP contribution is -2.34. The lowest BCUT2D eigenvalue weighted by atomic mass is 9.85. The van der Waals surface area contributed by atoms with Crippen molar-refractivity contribution in [2.24, 2.45) is 5.92 Å². The Morgan fingerprint density at radius 1 is 1.07 bits per heavy atom. The Balaban J connectivity index is 1.51. The standard InChI is InChI=1S/C20H23N5O2/c1-12-22-11-18(27-12)15-7-14-8-19(24-10-17(14)23-9-15)25-20(26)13-3-5-16(21-2)6-4-13/h7-11,13,16,21H,3-6H2,1-2H3,(H,24,25,26)/t13-,16-. The predicted molar refractivity (Wildman–Crippen MR) is 103 cm³/mol. The molecule has 0 bridgehead atoms.